The van der Waals surface area contributed by atoms with E-state index in [1.165, 1.54) is 6.26 Å². The SMILES string of the molecule is C[C@H](Cn1cccn1)NCCCS(C)(=O)=O. The zero-order valence-electron chi connectivity index (χ0n) is 9.76. The van der Waals surface area contributed by atoms with Gasteiger partial charge in [0.2, 0.25) is 0 Å². The highest BCUT2D eigenvalue weighted by Crippen LogP contribution is 1.92. The Morgan fingerprint density at radius 3 is 2.81 bits per heavy atom. The average molecular weight is 245 g/mol. The van der Waals surface area contributed by atoms with Crippen molar-refractivity contribution >= 4 is 9.84 Å². The maximum absolute atomic E-state index is 10.9. The Bertz CT molecular complexity index is 386. The molecule has 0 aliphatic heterocycles. The molecule has 0 saturated heterocycles. The van der Waals surface area contributed by atoms with E-state index in [1.54, 1.807) is 6.20 Å². The van der Waals surface area contributed by atoms with Gasteiger partial charge in [-0.05, 0) is 26.0 Å². The van der Waals surface area contributed by atoms with Gasteiger partial charge in [0.15, 0.2) is 0 Å². The van der Waals surface area contributed by atoms with Crippen molar-refractivity contribution in [2.75, 3.05) is 18.6 Å². The molecule has 0 radical (unpaired) electrons. The van der Waals surface area contributed by atoms with Gasteiger partial charge < -0.3 is 5.32 Å². The number of sulfone groups is 1. The van der Waals surface area contributed by atoms with E-state index in [0.29, 0.717) is 12.5 Å². The third-order valence-electron chi connectivity index (χ3n) is 2.20. The molecule has 0 bridgehead atoms. The van der Waals surface area contributed by atoms with Crippen LogP contribution < -0.4 is 5.32 Å². The van der Waals surface area contributed by atoms with Crippen molar-refractivity contribution < 1.29 is 8.42 Å². The van der Waals surface area contributed by atoms with Crippen LogP contribution in [0, 0.1) is 0 Å². The minimum absolute atomic E-state index is 0.245. The fraction of sp³-hybridized carbons (Fsp3) is 0.700. The summed E-state index contributed by atoms with van der Waals surface area (Å²) in [5.74, 6) is 0.245. The molecule has 16 heavy (non-hydrogen) atoms. The van der Waals surface area contributed by atoms with Crippen LogP contribution in [0.3, 0.4) is 0 Å². The Morgan fingerprint density at radius 2 is 2.25 bits per heavy atom. The molecule has 0 aliphatic carbocycles. The van der Waals surface area contributed by atoms with Crippen molar-refractivity contribution in [3.05, 3.63) is 18.5 Å². The maximum Gasteiger partial charge on any atom is 0.147 e. The van der Waals surface area contributed by atoms with Crippen molar-refractivity contribution in [3.63, 3.8) is 0 Å². The van der Waals surface area contributed by atoms with Gasteiger partial charge in [0.1, 0.15) is 9.84 Å². The van der Waals surface area contributed by atoms with Crippen molar-refractivity contribution in [1.29, 1.82) is 0 Å². The molecule has 1 aromatic rings. The fourth-order valence-electron chi connectivity index (χ4n) is 1.44. The van der Waals surface area contributed by atoms with Gasteiger partial charge in [-0.1, -0.05) is 0 Å². The molecule has 0 unspecified atom stereocenters. The van der Waals surface area contributed by atoms with Gasteiger partial charge in [0.05, 0.1) is 12.3 Å². The van der Waals surface area contributed by atoms with Crippen LogP contribution in [0.2, 0.25) is 0 Å². The maximum atomic E-state index is 10.9. The first-order valence-electron chi connectivity index (χ1n) is 5.36. The van der Waals surface area contributed by atoms with Crippen molar-refractivity contribution in [3.8, 4) is 0 Å². The van der Waals surface area contributed by atoms with Gasteiger partial charge in [-0.15, -0.1) is 0 Å². The van der Waals surface area contributed by atoms with Gasteiger partial charge in [0, 0.05) is 24.7 Å². The molecule has 1 N–H and O–H groups in total. The molecule has 1 heterocycles. The number of hydrogen-bond donors (Lipinski definition) is 1. The topological polar surface area (TPSA) is 64.0 Å². The molecule has 1 rings (SSSR count). The summed E-state index contributed by atoms with van der Waals surface area (Å²) in [6.07, 6.45) is 5.58. The van der Waals surface area contributed by atoms with E-state index in [4.69, 9.17) is 0 Å². The molecule has 0 aromatic carbocycles. The Balaban J connectivity index is 2.14. The monoisotopic (exact) mass is 245 g/mol. The Labute approximate surface area is 96.8 Å². The quantitative estimate of drug-likeness (QED) is 0.702. The number of hydrogen-bond acceptors (Lipinski definition) is 4. The van der Waals surface area contributed by atoms with Crippen molar-refractivity contribution in [2.24, 2.45) is 0 Å². The lowest BCUT2D eigenvalue weighted by Crippen LogP contribution is -2.32. The molecular formula is C10H19N3O2S. The Hall–Kier alpha value is -0.880. The van der Waals surface area contributed by atoms with Crippen molar-refractivity contribution in [2.45, 2.75) is 25.9 Å². The highest BCUT2D eigenvalue weighted by Gasteiger charge is 2.04. The van der Waals surface area contributed by atoms with Crippen LogP contribution in [0.5, 0.6) is 0 Å². The standard InChI is InChI=1S/C10H19N3O2S/c1-10(9-13-7-3-6-12-13)11-5-4-8-16(2,14)15/h3,6-7,10-11H,4-5,8-9H2,1-2H3/t10-/m1/s1. The van der Waals surface area contributed by atoms with E-state index in [0.717, 1.165) is 13.1 Å². The molecule has 1 atom stereocenters. The van der Waals surface area contributed by atoms with Crippen LogP contribution in [0.15, 0.2) is 18.5 Å². The normalized spacial score (nSPS) is 13.9. The summed E-state index contributed by atoms with van der Waals surface area (Å²) >= 11 is 0. The average Bonchev–Trinajstić information content (AvgIpc) is 2.63. The van der Waals surface area contributed by atoms with Crippen LogP contribution in [-0.4, -0.2) is 42.8 Å². The van der Waals surface area contributed by atoms with Crippen LogP contribution in [0.1, 0.15) is 13.3 Å². The first-order chi connectivity index (χ1) is 7.47. The smallest absolute Gasteiger partial charge is 0.147 e. The fourth-order valence-corrected chi connectivity index (χ4v) is 2.11. The molecule has 0 aliphatic rings. The third-order valence-corrected chi connectivity index (χ3v) is 3.24. The zero-order valence-corrected chi connectivity index (χ0v) is 10.6. The summed E-state index contributed by atoms with van der Waals surface area (Å²) < 4.78 is 23.6. The third kappa shape index (κ3) is 5.87. The number of aromatic nitrogens is 2. The summed E-state index contributed by atoms with van der Waals surface area (Å²) in [6, 6.07) is 2.18. The number of rotatable bonds is 7. The summed E-state index contributed by atoms with van der Waals surface area (Å²) in [6.45, 7) is 3.57. The molecule has 1 aromatic heterocycles. The lowest BCUT2D eigenvalue weighted by Gasteiger charge is -2.13. The van der Waals surface area contributed by atoms with E-state index < -0.39 is 9.84 Å². The van der Waals surface area contributed by atoms with E-state index in [9.17, 15) is 8.42 Å². The second kappa shape index (κ2) is 6.00. The van der Waals surface area contributed by atoms with Gasteiger partial charge in [-0.25, -0.2) is 8.42 Å². The first-order valence-corrected chi connectivity index (χ1v) is 7.42. The highest BCUT2D eigenvalue weighted by molar-refractivity contribution is 7.90. The van der Waals surface area contributed by atoms with Gasteiger partial charge in [0.25, 0.3) is 0 Å². The minimum Gasteiger partial charge on any atom is -0.312 e. The van der Waals surface area contributed by atoms with Crippen LogP contribution in [0.25, 0.3) is 0 Å². The predicted octanol–water partition coefficient (Wildman–Crippen LogP) is 0.296. The lowest BCUT2D eigenvalue weighted by molar-refractivity contribution is 0.452. The first kappa shape index (κ1) is 13.2. The Kier molecular flexibility index (Phi) is 4.95. The van der Waals surface area contributed by atoms with Gasteiger partial charge >= 0.3 is 0 Å². The molecule has 92 valence electrons. The van der Waals surface area contributed by atoms with E-state index in [1.807, 2.05) is 16.9 Å². The molecule has 5 nitrogen and oxygen atoms in total. The van der Waals surface area contributed by atoms with Crippen LogP contribution in [-0.2, 0) is 16.4 Å². The predicted molar refractivity (Wildman–Crippen MR) is 64.0 cm³/mol. The summed E-state index contributed by atoms with van der Waals surface area (Å²) in [4.78, 5) is 0. The van der Waals surface area contributed by atoms with Gasteiger partial charge in [-0.3, -0.25) is 4.68 Å². The van der Waals surface area contributed by atoms with E-state index in [-0.39, 0.29) is 5.75 Å². The molecule has 0 saturated carbocycles. The second-order valence-corrected chi connectivity index (χ2v) is 6.33. The molecule has 0 spiro atoms. The van der Waals surface area contributed by atoms with Crippen molar-refractivity contribution in [1.82, 2.24) is 15.1 Å². The molecule has 0 fully saturated rings. The Morgan fingerprint density at radius 1 is 1.50 bits per heavy atom. The largest absolute Gasteiger partial charge is 0.312 e. The summed E-state index contributed by atoms with van der Waals surface area (Å²) in [5, 5.41) is 7.37. The second-order valence-electron chi connectivity index (χ2n) is 4.07. The molecule has 0 amide bonds. The molecular weight excluding hydrogens is 226 g/mol. The van der Waals surface area contributed by atoms with Gasteiger partial charge in [-0.2, -0.15) is 5.10 Å². The molecule has 6 heteroatoms. The van der Waals surface area contributed by atoms with Crippen LogP contribution in [0.4, 0.5) is 0 Å². The van der Waals surface area contributed by atoms with E-state index >= 15 is 0 Å². The zero-order chi connectivity index (χ0) is 12.0. The van der Waals surface area contributed by atoms with Crippen LogP contribution >= 0.6 is 0 Å². The number of nitrogens with zero attached hydrogens (tertiary/aromatic N) is 2. The van der Waals surface area contributed by atoms with E-state index in [2.05, 4.69) is 17.3 Å². The summed E-state index contributed by atoms with van der Waals surface area (Å²) in [5.41, 5.74) is 0. The highest BCUT2D eigenvalue weighted by atomic mass is 32.2. The lowest BCUT2D eigenvalue weighted by atomic mass is 10.3. The summed E-state index contributed by atoms with van der Waals surface area (Å²) in [7, 11) is -2.83. The number of nitrogens with one attached hydrogen (secondary N) is 1. The minimum atomic E-state index is -2.83.